The zero-order valence-corrected chi connectivity index (χ0v) is 25.5. The van der Waals surface area contributed by atoms with E-state index in [4.69, 9.17) is 18.5 Å². The van der Waals surface area contributed by atoms with Crippen LogP contribution in [-0.4, -0.2) is 89.4 Å². The number of aliphatic hydroxyl groups excluding tert-OH is 4. The van der Waals surface area contributed by atoms with Crippen LogP contribution < -0.4 is 22.5 Å². The van der Waals surface area contributed by atoms with Gasteiger partial charge in [-0.2, -0.15) is 0 Å². The second-order valence-corrected chi connectivity index (χ2v) is 13.1. The van der Waals surface area contributed by atoms with Crippen LogP contribution in [-0.2, 0) is 49.7 Å². The lowest BCUT2D eigenvalue weighted by molar-refractivity contribution is -0.0517. The van der Waals surface area contributed by atoms with E-state index in [2.05, 4.69) is 12.9 Å². The second-order valence-electron chi connectivity index (χ2n) is 8.86. The van der Waals surface area contributed by atoms with Gasteiger partial charge in [0.05, 0.1) is 0 Å². The van der Waals surface area contributed by atoms with Gasteiger partial charge in [0.15, 0.2) is 25.4 Å². The largest absolute Gasteiger partial charge is 0.798 e. The van der Waals surface area contributed by atoms with Crippen molar-refractivity contribution in [3.05, 3.63) is 66.2 Å². The molecule has 2 aliphatic heterocycles. The summed E-state index contributed by atoms with van der Waals surface area (Å²) in [5.74, 6) is 0. The normalized spacial score (nSPS) is 29.4. The third-order valence-corrected chi connectivity index (χ3v) is 9.93. The van der Waals surface area contributed by atoms with Crippen LogP contribution in [0.4, 0.5) is 0 Å². The van der Waals surface area contributed by atoms with Crippen LogP contribution in [0, 0.1) is 0 Å². The molecule has 45 heavy (non-hydrogen) atoms. The maximum absolute atomic E-state index is 11.9. The fourth-order valence-electron chi connectivity index (χ4n) is 3.96. The van der Waals surface area contributed by atoms with Crippen molar-refractivity contribution in [2.24, 2.45) is 0 Å². The molecule has 6 N–H and O–H groups in total. The molecule has 244 valence electrons. The molecule has 0 bridgehead atoms. The van der Waals surface area contributed by atoms with E-state index in [-0.39, 0.29) is 0 Å². The summed E-state index contributed by atoms with van der Waals surface area (Å²) in [6.07, 6.45) is -10.4. The van der Waals surface area contributed by atoms with Gasteiger partial charge in [-0.25, -0.2) is 9.59 Å². The van der Waals surface area contributed by atoms with Crippen molar-refractivity contribution in [2.75, 3.05) is 13.2 Å². The van der Waals surface area contributed by atoms with E-state index >= 15 is 0 Å². The first-order chi connectivity index (χ1) is 21.2. The molecule has 0 aliphatic carbocycles. The Bertz CT molecular complexity index is 1570. The SMILES string of the molecule is O=c1ccn([C@@H]2O[C@H](CO[P+](=O)O[P+](=O)O[P+](=O)O[P+](=O)OC[C@H]3O[C@@H](n4ccc(=O)[nH]c4=O)C(O)[C@H]3O)[C@H](O)C2O)c(=O)[nH]1. The third-order valence-electron chi connectivity index (χ3n) is 6.01. The van der Waals surface area contributed by atoms with E-state index in [0.717, 1.165) is 33.7 Å². The Balaban J connectivity index is 1.18. The van der Waals surface area contributed by atoms with Gasteiger partial charge in [0.2, 0.25) is 0 Å². The van der Waals surface area contributed by atoms with Gasteiger partial charge in [0, 0.05) is 42.8 Å². The van der Waals surface area contributed by atoms with Gasteiger partial charge in [0.1, 0.15) is 49.8 Å². The zero-order valence-electron chi connectivity index (χ0n) is 21.9. The molecule has 0 amide bonds. The molecule has 2 fully saturated rings. The van der Waals surface area contributed by atoms with Gasteiger partial charge in [0.25, 0.3) is 11.1 Å². The predicted octanol–water partition coefficient (Wildman–Crippen LogP) is -1.96. The predicted molar refractivity (Wildman–Crippen MR) is 140 cm³/mol. The lowest BCUT2D eigenvalue weighted by Gasteiger charge is -2.16. The minimum atomic E-state index is -3.49. The molecule has 23 nitrogen and oxygen atoms in total. The van der Waals surface area contributed by atoms with E-state index in [1.54, 1.807) is 0 Å². The summed E-state index contributed by atoms with van der Waals surface area (Å²) in [6, 6.07) is 1.92. The van der Waals surface area contributed by atoms with E-state index in [1.807, 2.05) is 9.97 Å². The standard InChI is InChI=1S/C18H20N4O19P4/c23-9-1-3-21(17(29)19-9)15-13(27)11(25)7(37-15)5-35-42(31)39-44(33)41-45(34)40-43(32)36-6-8-12(26)14(28)16(38-8)22-4-2-10(24)20-18(22)30/h1-4,7-8,11-16,25-28H,5-6H2/q+2/p+2/t7-,8-,11+,12+,13?,14?,15-,16-/m1/s1. The van der Waals surface area contributed by atoms with Gasteiger partial charge < -0.3 is 29.9 Å². The first-order valence-electron chi connectivity index (χ1n) is 12.1. The highest BCUT2D eigenvalue weighted by molar-refractivity contribution is 7.56. The maximum atomic E-state index is 11.9. The molecular weight excluding hydrogens is 700 g/mol. The minimum Gasteiger partial charge on any atom is -0.387 e. The Morgan fingerprint density at radius 2 is 0.978 bits per heavy atom. The maximum Gasteiger partial charge on any atom is 0.798 e. The van der Waals surface area contributed by atoms with Crippen molar-refractivity contribution in [2.45, 2.75) is 49.1 Å². The van der Waals surface area contributed by atoms with Gasteiger partial charge in [-0.05, 0) is 0 Å². The minimum absolute atomic E-state index is 0.723. The highest BCUT2D eigenvalue weighted by atomic mass is 31.2. The van der Waals surface area contributed by atoms with Crippen LogP contribution >= 0.6 is 33.0 Å². The number of H-pyrrole nitrogens is 2. The molecule has 2 aromatic heterocycles. The van der Waals surface area contributed by atoms with Crippen LogP contribution in [0.1, 0.15) is 12.5 Å². The van der Waals surface area contributed by atoms with E-state index in [9.17, 15) is 57.9 Å². The number of hydrogen-bond donors (Lipinski definition) is 6. The van der Waals surface area contributed by atoms with Crippen LogP contribution in [0.5, 0.6) is 0 Å². The van der Waals surface area contributed by atoms with Crippen LogP contribution in [0.2, 0.25) is 0 Å². The Hall–Kier alpha value is -2.68. The Morgan fingerprint density at radius 1 is 0.622 bits per heavy atom. The van der Waals surface area contributed by atoms with Crippen LogP contribution in [0.25, 0.3) is 0 Å². The fourth-order valence-corrected chi connectivity index (χ4v) is 6.95. The molecule has 0 aromatic carbocycles. The number of aliphatic hydroxyl groups is 4. The van der Waals surface area contributed by atoms with Gasteiger partial charge in [-0.3, -0.25) is 28.7 Å². The molecule has 12 atom stereocenters. The first kappa shape index (κ1) is 35.2. The number of rotatable bonds is 14. The number of aromatic amines is 2. The molecular formula is C18H22N4O19P4+4. The van der Waals surface area contributed by atoms with Gasteiger partial charge in [-0.15, -0.1) is 9.05 Å². The quantitative estimate of drug-likeness (QED) is 0.115. The lowest BCUT2D eigenvalue weighted by atomic mass is 10.1. The van der Waals surface area contributed by atoms with Crippen molar-refractivity contribution in [1.29, 1.82) is 0 Å². The molecule has 2 saturated heterocycles. The molecule has 6 unspecified atom stereocenters. The van der Waals surface area contributed by atoms with E-state index < -0.39 is 118 Å². The summed E-state index contributed by atoms with van der Waals surface area (Å²) in [4.78, 5) is 50.1. The van der Waals surface area contributed by atoms with Crippen molar-refractivity contribution in [1.82, 2.24) is 19.1 Å². The Labute approximate surface area is 251 Å². The molecule has 2 aromatic rings. The molecule has 27 heteroatoms. The molecule has 0 radical (unpaired) electrons. The number of hydrogen-bond acceptors (Lipinski definition) is 19. The highest BCUT2D eigenvalue weighted by Gasteiger charge is 2.56. The first-order valence-corrected chi connectivity index (χ1v) is 16.5. The number of ether oxygens (including phenoxy) is 2. The van der Waals surface area contributed by atoms with Crippen LogP contribution in [0.15, 0.2) is 43.7 Å². The van der Waals surface area contributed by atoms with Crippen molar-refractivity contribution >= 4 is 33.0 Å². The Kier molecular flexibility index (Phi) is 11.9. The van der Waals surface area contributed by atoms with E-state index in [0.29, 0.717) is 0 Å². The highest BCUT2D eigenvalue weighted by Crippen LogP contribution is 2.51. The van der Waals surface area contributed by atoms with Crippen molar-refractivity contribution in [3.8, 4) is 0 Å². The number of aromatic nitrogens is 4. The molecule has 4 heterocycles. The molecule has 0 saturated carbocycles. The topological polar surface area (TPSA) is 324 Å². The second kappa shape index (κ2) is 15.3. The summed E-state index contributed by atoms with van der Waals surface area (Å²) in [6.45, 7) is -1.48. The molecule has 2 aliphatic rings. The average molecular weight is 722 g/mol. The van der Waals surface area contributed by atoms with Gasteiger partial charge in [-0.1, -0.05) is 0 Å². The van der Waals surface area contributed by atoms with Gasteiger partial charge >= 0.3 is 44.4 Å². The third kappa shape index (κ3) is 8.78. The monoisotopic (exact) mass is 722 g/mol. The summed E-state index contributed by atoms with van der Waals surface area (Å²) >= 11 is 0. The smallest absolute Gasteiger partial charge is 0.387 e. The average Bonchev–Trinajstić information content (AvgIpc) is 3.40. The fraction of sp³-hybridized carbons (Fsp3) is 0.556. The number of nitrogens with one attached hydrogen (secondary N) is 2. The Morgan fingerprint density at radius 3 is 1.33 bits per heavy atom. The zero-order chi connectivity index (χ0) is 33.0. The van der Waals surface area contributed by atoms with Crippen molar-refractivity contribution in [3.63, 3.8) is 0 Å². The summed E-state index contributed by atoms with van der Waals surface area (Å²) in [5, 5.41) is 40.6. The summed E-state index contributed by atoms with van der Waals surface area (Å²) in [7, 11) is -13.6. The number of nitrogens with zero attached hydrogens (tertiary/aromatic N) is 2. The molecule has 4 rings (SSSR count). The van der Waals surface area contributed by atoms with Crippen molar-refractivity contribution < 1.29 is 70.1 Å². The summed E-state index contributed by atoms with van der Waals surface area (Å²) < 4.78 is 82.3. The van der Waals surface area contributed by atoms with Crippen LogP contribution in [0.3, 0.4) is 0 Å². The van der Waals surface area contributed by atoms with E-state index in [1.165, 1.54) is 0 Å². The summed E-state index contributed by atoms with van der Waals surface area (Å²) in [5.41, 5.74) is -3.35. The lowest BCUT2D eigenvalue weighted by Crippen LogP contribution is -2.37. The molecule has 0 spiro atoms.